The molecule has 4 nitrogen and oxygen atoms in total. The average molecular weight is 261 g/mol. The highest BCUT2D eigenvalue weighted by molar-refractivity contribution is 7.80. The smallest absolute Gasteiger partial charge is 0.166 e. The van der Waals surface area contributed by atoms with E-state index in [1.807, 2.05) is 0 Å². The van der Waals surface area contributed by atoms with Crippen LogP contribution in [-0.4, -0.2) is 55.4 Å². The van der Waals surface area contributed by atoms with E-state index in [9.17, 15) is 0 Å². The number of nitrogens with zero attached hydrogens (tertiary/aromatic N) is 1. The van der Waals surface area contributed by atoms with Gasteiger partial charge in [-0.3, -0.25) is 4.90 Å². The summed E-state index contributed by atoms with van der Waals surface area (Å²) in [6.45, 7) is 12.2. The molecule has 17 heavy (non-hydrogen) atoms. The average Bonchev–Trinajstić information content (AvgIpc) is 2.23. The molecule has 0 aromatic rings. The van der Waals surface area contributed by atoms with Gasteiger partial charge in [-0.05, 0) is 39.9 Å². The molecule has 0 heterocycles. The van der Waals surface area contributed by atoms with Gasteiger partial charge in [-0.25, -0.2) is 0 Å². The molecule has 102 valence electrons. The molecule has 0 spiro atoms. The Balaban J connectivity index is 3.70. The first-order chi connectivity index (χ1) is 7.99. The SMILES string of the molecule is COCCNC(=S)NCCN(C(C)C)C(C)C. The summed E-state index contributed by atoms with van der Waals surface area (Å²) in [5.74, 6) is 0. The third-order valence-corrected chi connectivity index (χ3v) is 2.86. The molecule has 0 bridgehead atoms. The minimum absolute atomic E-state index is 0.562. The van der Waals surface area contributed by atoms with Crippen LogP contribution in [0.1, 0.15) is 27.7 Å². The molecule has 0 radical (unpaired) electrons. The zero-order valence-electron chi connectivity index (χ0n) is 11.7. The zero-order chi connectivity index (χ0) is 13.3. The molecule has 2 N–H and O–H groups in total. The fourth-order valence-corrected chi connectivity index (χ4v) is 1.94. The van der Waals surface area contributed by atoms with Crippen LogP contribution in [0.5, 0.6) is 0 Å². The van der Waals surface area contributed by atoms with Crippen LogP contribution in [0.2, 0.25) is 0 Å². The lowest BCUT2D eigenvalue weighted by Crippen LogP contribution is -2.45. The van der Waals surface area contributed by atoms with Crippen molar-refractivity contribution in [3.63, 3.8) is 0 Å². The topological polar surface area (TPSA) is 36.5 Å². The number of methoxy groups -OCH3 is 1. The van der Waals surface area contributed by atoms with Crippen molar-refractivity contribution in [3.8, 4) is 0 Å². The van der Waals surface area contributed by atoms with E-state index >= 15 is 0 Å². The Morgan fingerprint density at radius 3 is 2.12 bits per heavy atom. The Morgan fingerprint density at radius 2 is 1.65 bits per heavy atom. The summed E-state index contributed by atoms with van der Waals surface area (Å²) in [5, 5.41) is 7.00. The van der Waals surface area contributed by atoms with Crippen molar-refractivity contribution < 1.29 is 4.74 Å². The number of hydrogen-bond acceptors (Lipinski definition) is 3. The molecule has 0 aliphatic carbocycles. The Kier molecular flexibility index (Phi) is 9.40. The maximum Gasteiger partial charge on any atom is 0.166 e. The van der Waals surface area contributed by atoms with Gasteiger partial charge >= 0.3 is 0 Å². The van der Waals surface area contributed by atoms with Gasteiger partial charge in [0.1, 0.15) is 0 Å². The summed E-state index contributed by atoms with van der Waals surface area (Å²) in [4.78, 5) is 2.44. The van der Waals surface area contributed by atoms with Crippen LogP contribution in [0.25, 0.3) is 0 Å². The second kappa shape index (κ2) is 9.62. The highest BCUT2D eigenvalue weighted by Crippen LogP contribution is 2.02. The van der Waals surface area contributed by atoms with Crippen molar-refractivity contribution in [3.05, 3.63) is 0 Å². The second-order valence-electron chi connectivity index (χ2n) is 4.60. The van der Waals surface area contributed by atoms with Crippen molar-refractivity contribution in [2.75, 3.05) is 33.4 Å². The minimum Gasteiger partial charge on any atom is -0.383 e. The lowest BCUT2D eigenvalue weighted by molar-refractivity contribution is 0.178. The molecule has 0 saturated carbocycles. The molecule has 0 fully saturated rings. The molecule has 0 aliphatic heterocycles. The van der Waals surface area contributed by atoms with Crippen LogP contribution in [0.15, 0.2) is 0 Å². The predicted molar refractivity (Wildman–Crippen MR) is 77.5 cm³/mol. The standard InChI is InChI=1S/C12H27N3OS/c1-10(2)15(11(3)4)8-6-13-12(17)14-7-9-16-5/h10-11H,6-9H2,1-5H3,(H2,13,14,17). The molecule has 0 aliphatic rings. The second-order valence-corrected chi connectivity index (χ2v) is 5.01. The van der Waals surface area contributed by atoms with Crippen LogP contribution in [0.3, 0.4) is 0 Å². The van der Waals surface area contributed by atoms with Crippen LogP contribution in [-0.2, 0) is 4.74 Å². The highest BCUT2D eigenvalue weighted by atomic mass is 32.1. The van der Waals surface area contributed by atoms with Gasteiger partial charge in [-0.2, -0.15) is 0 Å². The van der Waals surface area contributed by atoms with Crippen LogP contribution < -0.4 is 10.6 Å². The van der Waals surface area contributed by atoms with Crippen molar-refractivity contribution >= 4 is 17.3 Å². The molecule has 0 saturated heterocycles. The van der Waals surface area contributed by atoms with E-state index in [-0.39, 0.29) is 0 Å². The normalized spacial score (nSPS) is 11.3. The fraction of sp³-hybridized carbons (Fsp3) is 0.917. The summed E-state index contributed by atoms with van der Waals surface area (Å²) in [6, 6.07) is 1.12. The summed E-state index contributed by atoms with van der Waals surface area (Å²) < 4.78 is 4.94. The number of ether oxygens (including phenoxy) is 1. The van der Waals surface area contributed by atoms with E-state index in [4.69, 9.17) is 17.0 Å². The van der Waals surface area contributed by atoms with Gasteiger partial charge < -0.3 is 15.4 Å². The van der Waals surface area contributed by atoms with E-state index in [0.717, 1.165) is 19.6 Å². The first kappa shape index (κ1) is 16.6. The third-order valence-electron chi connectivity index (χ3n) is 2.57. The lowest BCUT2D eigenvalue weighted by Gasteiger charge is -2.30. The largest absolute Gasteiger partial charge is 0.383 e. The Labute approximate surface area is 111 Å². The summed E-state index contributed by atoms with van der Waals surface area (Å²) in [7, 11) is 1.68. The van der Waals surface area contributed by atoms with E-state index in [1.165, 1.54) is 0 Å². The van der Waals surface area contributed by atoms with Crippen LogP contribution in [0, 0.1) is 0 Å². The summed E-state index contributed by atoms with van der Waals surface area (Å²) in [5.41, 5.74) is 0. The first-order valence-corrected chi connectivity index (χ1v) is 6.66. The van der Waals surface area contributed by atoms with Crippen LogP contribution >= 0.6 is 12.2 Å². The van der Waals surface area contributed by atoms with Gasteiger partial charge in [0.25, 0.3) is 0 Å². The molecular formula is C12H27N3OS. The molecule has 0 rings (SSSR count). The molecule has 5 heteroatoms. The Morgan fingerprint density at radius 1 is 1.12 bits per heavy atom. The number of thiocarbonyl (C=S) groups is 1. The van der Waals surface area contributed by atoms with Gasteiger partial charge in [0.2, 0.25) is 0 Å². The Bertz CT molecular complexity index is 202. The van der Waals surface area contributed by atoms with E-state index < -0.39 is 0 Å². The van der Waals surface area contributed by atoms with Crippen LogP contribution in [0.4, 0.5) is 0 Å². The zero-order valence-corrected chi connectivity index (χ0v) is 12.6. The predicted octanol–water partition coefficient (Wildman–Crippen LogP) is 1.22. The van der Waals surface area contributed by atoms with Crippen molar-refractivity contribution in [2.45, 2.75) is 39.8 Å². The van der Waals surface area contributed by atoms with Gasteiger partial charge in [0.15, 0.2) is 5.11 Å². The number of nitrogens with one attached hydrogen (secondary N) is 2. The van der Waals surface area contributed by atoms with Crippen molar-refractivity contribution in [1.82, 2.24) is 15.5 Å². The fourth-order valence-electron chi connectivity index (χ4n) is 1.74. The molecule has 0 unspecified atom stereocenters. The highest BCUT2D eigenvalue weighted by Gasteiger charge is 2.12. The first-order valence-electron chi connectivity index (χ1n) is 6.25. The molecule has 0 aromatic carbocycles. The van der Waals surface area contributed by atoms with Gasteiger partial charge in [0, 0.05) is 38.8 Å². The maximum atomic E-state index is 5.15. The molecule has 0 amide bonds. The van der Waals surface area contributed by atoms with E-state index in [2.05, 4.69) is 43.2 Å². The number of rotatable bonds is 8. The van der Waals surface area contributed by atoms with Gasteiger partial charge in [-0.1, -0.05) is 0 Å². The minimum atomic E-state index is 0.562. The molecule has 0 aromatic heterocycles. The molecular weight excluding hydrogens is 234 g/mol. The molecule has 0 atom stereocenters. The monoisotopic (exact) mass is 261 g/mol. The van der Waals surface area contributed by atoms with Gasteiger partial charge in [0.05, 0.1) is 6.61 Å². The van der Waals surface area contributed by atoms with Crippen molar-refractivity contribution in [2.24, 2.45) is 0 Å². The quantitative estimate of drug-likeness (QED) is 0.507. The van der Waals surface area contributed by atoms with E-state index in [1.54, 1.807) is 7.11 Å². The lowest BCUT2D eigenvalue weighted by atomic mass is 10.2. The summed E-state index contributed by atoms with van der Waals surface area (Å²) >= 11 is 5.15. The van der Waals surface area contributed by atoms with E-state index in [0.29, 0.717) is 23.8 Å². The number of hydrogen-bond donors (Lipinski definition) is 2. The maximum absolute atomic E-state index is 5.15. The Hall–Kier alpha value is -0.390. The van der Waals surface area contributed by atoms with Crippen molar-refractivity contribution in [1.29, 1.82) is 0 Å². The van der Waals surface area contributed by atoms with Gasteiger partial charge in [-0.15, -0.1) is 0 Å². The summed E-state index contributed by atoms with van der Waals surface area (Å²) in [6.07, 6.45) is 0. The third kappa shape index (κ3) is 8.35.